The number of rotatable bonds is 3. The van der Waals surface area contributed by atoms with Gasteiger partial charge in [-0.2, -0.15) is 0 Å². The van der Waals surface area contributed by atoms with Crippen LogP contribution in [0.5, 0.6) is 0 Å². The van der Waals surface area contributed by atoms with Gasteiger partial charge in [0.1, 0.15) is 12.1 Å². The molecule has 3 atom stereocenters. The number of ether oxygens (including phenoxy) is 1. The summed E-state index contributed by atoms with van der Waals surface area (Å²) in [6.45, 7) is 7.38. The summed E-state index contributed by atoms with van der Waals surface area (Å²) >= 11 is 0. The molecule has 0 spiro atoms. The molecule has 2 aliphatic heterocycles. The summed E-state index contributed by atoms with van der Waals surface area (Å²) in [5.74, 6) is 0.430. The fourth-order valence-corrected chi connectivity index (χ4v) is 3.55. The molecule has 0 aromatic carbocycles. The van der Waals surface area contributed by atoms with Crippen molar-refractivity contribution >= 4 is 11.8 Å². The smallest absolute Gasteiger partial charge is 0.246 e. The molecule has 2 heterocycles. The van der Waals surface area contributed by atoms with Crippen LogP contribution in [0, 0.1) is 11.3 Å². The molecular formula is C16H26N2O3. The second kappa shape index (κ2) is 5.27. The van der Waals surface area contributed by atoms with Crippen molar-refractivity contribution in [3.63, 3.8) is 0 Å². The van der Waals surface area contributed by atoms with Gasteiger partial charge in [0.05, 0.1) is 6.10 Å². The third kappa shape index (κ3) is 2.93. The van der Waals surface area contributed by atoms with Crippen LogP contribution < -0.4 is 5.32 Å². The Kier molecular flexibility index (Phi) is 3.72. The molecule has 21 heavy (non-hydrogen) atoms. The van der Waals surface area contributed by atoms with Gasteiger partial charge in [0.2, 0.25) is 11.8 Å². The Bertz CT molecular complexity index is 433. The lowest BCUT2D eigenvalue weighted by molar-refractivity contribution is -0.156. The van der Waals surface area contributed by atoms with Gasteiger partial charge in [0.25, 0.3) is 0 Å². The Hall–Kier alpha value is -1.10. The summed E-state index contributed by atoms with van der Waals surface area (Å²) in [5, 5.41) is 2.97. The van der Waals surface area contributed by atoms with Crippen LogP contribution in [0.2, 0.25) is 0 Å². The number of amides is 2. The van der Waals surface area contributed by atoms with E-state index in [0.29, 0.717) is 12.5 Å². The number of carbonyl (C=O) groups excluding carboxylic acids is 2. The molecule has 5 heteroatoms. The van der Waals surface area contributed by atoms with Crippen LogP contribution in [0.1, 0.15) is 46.5 Å². The second-order valence-electron chi connectivity index (χ2n) is 7.72. The molecule has 1 saturated carbocycles. The minimum Gasteiger partial charge on any atom is -0.376 e. The van der Waals surface area contributed by atoms with E-state index >= 15 is 0 Å². The lowest BCUT2D eigenvalue weighted by atomic mass is 9.82. The molecule has 2 amide bonds. The van der Waals surface area contributed by atoms with Gasteiger partial charge in [-0.25, -0.2) is 0 Å². The fourth-order valence-electron chi connectivity index (χ4n) is 3.55. The van der Waals surface area contributed by atoms with Crippen LogP contribution in [0.25, 0.3) is 0 Å². The molecule has 3 fully saturated rings. The van der Waals surface area contributed by atoms with Gasteiger partial charge in [-0.15, -0.1) is 0 Å². The minimum atomic E-state index is -0.399. The van der Waals surface area contributed by atoms with Crippen LogP contribution in [-0.2, 0) is 14.3 Å². The van der Waals surface area contributed by atoms with Crippen molar-refractivity contribution in [3.05, 3.63) is 0 Å². The number of hydrogen-bond acceptors (Lipinski definition) is 3. The van der Waals surface area contributed by atoms with E-state index in [9.17, 15) is 9.59 Å². The zero-order chi connectivity index (χ0) is 15.2. The average Bonchev–Trinajstić information content (AvgIpc) is 3.10. The maximum absolute atomic E-state index is 12.9. The molecule has 0 aromatic heterocycles. The van der Waals surface area contributed by atoms with Crippen molar-refractivity contribution in [3.8, 4) is 0 Å². The molecule has 3 rings (SSSR count). The molecule has 0 bridgehead atoms. The maximum Gasteiger partial charge on any atom is 0.246 e. The fraction of sp³-hybridized carbons (Fsp3) is 0.875. The lowest BCUT2D eigenvalue weighted by Crippen LogP contribution is -2.68. The monoisotopic (exact) mass is 294 g/mol. The van der Waals surface area contributed by atoms with Gasteiger partial charge >= 0.3 is 0 Å². The third-order valence-electron chi connectivity index (χ3n) is 4.74. The number of hydrogen-bond donors (Lipinski definition) is 1. The first-order chi connectivity index (χ1) is 9.88. The second-order valence-corrected chi connectivity index (χ2v) is 7.72. The summed E-state index contributed by atoms with van der Waals surface area (Å²) in [7, 11) is 0. The summed E-state index contributed by atoms with van der Waals surface area (Å²) < 4.78 is 5.69. The van der Waals surface area contributed by atoms with Gasteiger partial charge < -0.3 is 15.0 Å². The normalized spacial score (nSPS) is 34.2. The number of nitrogens with one attached hydrogen (secondary N) is 1. The van der Waals surface area contributed by atoms with E-state index in [1.165, 1.54) is 0 Å². The summed E-state index contributed by atoms with van der Waals surface area (Å²) in [6, 6.07) is -0.707. The standard InChI is InChI=1S/C16H26N2O3/c1-16(2,3)13-14(19)17-12(10-6-7-10)15(20)18(13)9-11-5-4-8-21-11/h10-13H,4-9H2,1-3H3,(H,17,19). The molecular weight excluding hydrogens is 268 g/mol. The predicted molar refractivity (Wildman–Crippen MR) is 78.6 cm³/mol. The van der Waals surface area contributed by atoms with Crippen LogP contribution in [0.4, 0.5) is 0 Å². The quantitative estimate of drug-likeness (QED) is 0.854. The first-order valence-corrected chi connectivity index (χ1v) is 8.10. The first-order valence-electron chi connectivity index (χ1n) is 8.10. The minimum absolute atomic E-state index is 0.00278. The van der Waals surface area contributed by atoms with Gasteiger partial charge in [0, 0.05) is 13.2 Å². The lowest BCUT2D eigenvalue weighted by Gasteiger charge is -2.45. The van der Waals surface area contributed by atoms with Crippen LogP contribution in [0.15, 0.2) is 0 Å². The SMILES string of the molecule is CC(C)(C)C1C(=O)NC(C2CC2)C(=O)N1CC1CCCO1. The van der Waals surface area contributed by atoms with Crippen LogP contribution >= 0.6 is 0 Å². The van der Waals surface area contributed by atoms with Crippen LogP contribution in [0.3, 0.4) is 0 Å². The zero-order valence-corrected chi connectivity index (χ0v) is 13.2. The Morgan fingerprint density at radius 1 is 1.24 bits per heavy atom. The molecule has 0 radical (unpaired) electrons. The van der Waals surface area contributed by atoms with E-state index in [1.54, 1.807) is 4.90 Å². The van der Waals surface area contributed by atoms with Crippen molar-refractivity contribution in [2.45, 2.75) is 64.6 Å². The highest BCUT2D eigenvalue weighted by Gasteiger charge is 2.50. The molecule has 3 unspecified atom stereocenters. The molecule has 5 nitrogen and oxygen atoms in total. The van der Waals surface area contributed by atoms with E-state index < -0.39 is 6.04 Å². The van der Waals surface area contributed by atoms with Gasteiger partial charge in [0.15, 0.2) is 0 Å². The van der Waals surface area contributed by atoms with Crippen molar-refractivity contribution < 1.29 is 14.3 Å². The summed E-state index contributed by atoms with van der Waals surface area (Å²) in [5.41, 5.74) is -0.271. The number of carbonyl (C=O) groups is 2. The van der Waals surface area contributed by atoms with E-state index in [0.717, 1.165) is 32.3 Å². The Labute approximate surface area is 126 Å². The van der Waals surface area contributed by atoms with Gasteiger partial charge in [-0.05, 0) is 37.0 Å². The van der Waals surface area contributed by atoms with E-state index in [2.05, 4.69) is 5.32 Å². The Morgan fingerprint density at radius 2 is 1.95 bits per heavy atom. The number of nitrogens with zero attached hydrogens (tertiary/aromatic N) is 1. The Balaban J connectivity index is 1.82. The van der Waals surface area contributed by atoms with Crippen molar-refractivity contribution in [1.82, 2.24) is 10.2 Å². The van der Waals surface area contributed by atoms with E-state index in [1.807, 2.05) is 20.8 Å². The molecule has 1 N–H and O–H groups in total. The molecule has 1 aliphatic carbocycles. The van der Waals surface area contributed by atoms with Crippen molar-refractivity contribution in [1.29, 1.82) is 0 Å². The van der Waals surface area contributed by atoms with Crippen molar-refractivity contribution in [2.75, 3.05) is 13.2 Å². The highest BCUT2D eigenvalue weighted by Crippen LogP contribution is 2.37. The topological polar surface area (TPSA) is 58.6 Å². The van der Waals surface area contributed by atoms with Gasteiger partial charge in [-0.1, -0.05) is 20.8 Å². The Morgan fingerprint density at radius 3 is 2.48 bits per heavy atom. The largest absolute Gasteiger partial charge is 0.376 e. The zero-order valence-electron chi connectivity index (χ0n) is 13.2. The average molecular weight is 294 g/mol. The van der Waals surface area contributed by atoms with Gasteiger partial charge in [-0.3, -0.25) is 9.59 Å². The van der Waals surface area contributed by atoms with E-state index in [-0.39, 0.29) is 29.4 Å². The predicted octanol–water partition coefficient (Wildman–Crippen LogP) is 1.32. The maximum atomic E-state index is 12.9. The van der Waals surface area contributed by atoms with Crippen LogP contribution in [-0.4, -0.2) is 48.1 Å². The first kappa shape index (κ1) is 14.8. The molecule has 3 aliphatic rings. The summed E-state index contributed by atoms with van der Waals surface area (Å²) in [4.78, 5) is 27.2. The van der Waals surface area contributed by atoms with E-state index in [4.69, 9.17) is 4.74 Å². The van der Waals surface area contributed by atoms with Crippen molar-refractivity contribution in [2.24, 2.45) is 11.3 Å². The third-order valence-corrected chi connectivity index (χ3v) is 4.74. The molecule has 118 valence electrons. The molecule has 2 saturated heterocycles. The highest BCUT2D eigenvalue weighted by atomic mass is 16.5. The molecule has 0 aromatic rings. The number of piperazine rings is 1. The summed E-state index contributed by atoms with van der Waals surface area (Å²) in [6.07, 6.45) is 4.21. The highest BCUT2D eigenvalue weighted by molar-refractivity contribution is 5.97.